The number of benzene rings is 2. The number of nitrogens with zero attached hydrogens (tertiary/aromatic N) is 1. The number of amidine groups is 1. The van der Waals surface area contributed by atoms with Crippen molar-refractivity contribution < 1.29 is 22.0 Å². The normalized spacial score (nSPS) is 18.2. The van der Waals surface area contributed by atoms with Crippen LogP contribution in [0.25, 0.3) is 0 Å². The molecule has 28 heavy (non-hydrogen) atoms. The summed E-state index contributed by atoms with van der Waals surface area (Å²) in [4.78, 5) is 17.2. The summed E-state index contributed by atoms with van der Waals surface area (Å²) in [6.45, 7) is 3.64. The maximum Gasteiger partial charge on any atom is 0.263 e. The number of hydrogen-bond donors (Lipinski definition) is 2. The van der Waals surface area contributed by atoms with Gasteiger partial charge in [-0.3, -0.25) is 14.5 Å². The summed E-state index contributed by atoms with van der Waals surface area (Å²) in [6, 6.07) is 8.16. The van der Waals surface area contributed by atoms with Gasteiger partial charge in [0.2, 0.25) is 5.91 Å². The van der Waals surface area contributed by atoms with E-state index < -0.39 is 33.6 Å². The first-order valence-electron chi connectivity index (χ1n) is 8.69. The van der Waals surface area contributed by atoms with Crippen LogP contribution in [0.1, 0.15) is 25.8 Å². The average molecular weight is 407 g/mol. The van der Waals surface area contributed by atoms with Crippen LogP contribution in [0.4, 0.5) is 14.5 Å². The summed E-state index contributed by atoms with van der Waals surface area (Å²) < 4.78 is 53.8. The van der Waals surface area contributed by atoms with Crippen molar-refractivity contribution in [3.05, 3.63) is 59.7 Å². The van der Waals surface area contributed by atoms with Gasteiger partial charge in [0, 0.05) is 11.6 Å². The SMILES string of the molecule is CC[C@H](C)[C@H](N=C1NS(=O)(=O)c2ccccc21)C(=O)Nc1ccc(F)cc1F. The third-order valence-electron chi connectivity index (χ3n) is 4.57. The van der Waals surface area contributed by atoms with Gasteiger partial charge in [0.1, 0.15) is 23.5 Å². The highest BCUT2D eigenvalue weighted by Gasteiger charge is 2.33. The molecule has 2 atom stereocenters. The van der Waals surface area contributed by atoms with Gasteiger partial charge >= 0.3 is 0 Å². The third kappa shape index (κ3) is 3.89. The first-order valence-corrected chi connectivity index (χ1v) is 10.2. The van der Waals surface area contributed by atoms with Crippen molar-refractivity contribution in [3.8, 4) is 0 Å². The van der Waals surface area contributed by atoms with E-state index in [0.29, 0.717) is 18.1 Å². The van der Waals surface area contributed by atoms with Crippen LogP contribution in [0.5, 0.6) is 0 Å². The molecule has 0 aromatic heterocycles. The van der Waals surface area contributed by atoms with Crippen molar-refractivity contribution in [1.82, 2.24) is 4.72 Å². The van der Waals surface area contributed by atoms with Crippen LogP contribution < -0.4 is 10.0 Å². The van der Waals surface area contributed by atoms with Gasteiger partial charge in [-0.15, -0.1) is 0 Å². The minimum absolute atomic E-state index is 0.0654. The minimum atomic E-state index is -3.74. The first kappa shape index (κ1) is 19.9. The predicted octanol–water partition coefficient (Wildman–Crippen LogP) is 3.06. The molecule has 9 heteroatoms. The van der Waals surface area contributed by atoms with E-state index in [1.807, 2.05) is 6.92 Å². The Kier molecular flexibility index (Phi) is 5.46. The van der Waals surface area contributed by atoms with Gasteiger partial charge in [0.15, 0.2) is 0 Å². The molecule has 2 N–H and O–H groups in total. The fourth-order valence-corrected chi connectivity index (χ4v) is 4.07. The van der Waals surface area contributed by atoms with Crippen LogP contribution in [0, 0.1) is 17.6 Å². The molecule has 1 aliphatic heterocycles. The molecule has 0 spiro atoms. The molecule has 2 aromatic rings. The summed E-state index contributed by atoms with van der Waals surface area (Å²) in [5, 5.41) is 2.41. The lowest BCUT2D eigenvalue weighted by Crippen LogP contribution is -2.35. The molecule has 0 saturated carbocycles. The number of rotatable bonds is 5. The summed E-state index contributed by atoms with van der Waals surface area (Å²) in [5.74, 6) is -2.47. The van der Waals surface area contributed by atoms with Gasteiger partial charge in [-0.1, -0.05) is 32.4 Å². The summed E-state index contributed by atoms with van der Waals surface area (Å²) in [5.41, 5.74) is 0.198. The van der Waals surface area contributed by atoms with Gasteiger partial charge in [-0.05, 0) is 30.2 Å². The van der Waals surface area contributed by atoms with E-state index in [1.165, 1.54) is 6.07 Å². The monoisotopic (exact) mass is 407 g/mol. The number of hydrogen-bond acceptors (Lipinski definition) is 4. The second-order valence-corrected chi connectivity index (χ2v) is 8.17. The zero-order valence-corrected chi connectivity index (χ0v) is 16.1. The lowest BCUT2D eigenvalue weighted by atomic mass is 9.98. The Morgan fingerprint density at radius 1 is 1.21 bits per heavy atom. The molecule has 1 heterocycles. The van der Waals surface area contributed by atoms with Gasteiger partial charge in [-0.2, -0.15) is 0 Å². The van der Waals surface area contributed by atoms with Crippen LogP contribution in [0.15, 0.2) is 52.4 Å². The molecule has 1 amide bonds. The van der Waals surface area contributed by atoms with Crippen LogP contribution in [-0.2, 0) is 14.8 Å². The molecule has 0 saturated heterocycles. The Morgan fingerprint density at radius 3 is 2.61 bits per heavy atom. The Balaban J connectivity index is 1.95. The average Bonchev–Trinajstić information content (AvgIpc) is 2.92. The van der Waals surface area contributed by atoms with E-state index in [2.05, 4.69) is 15.0 Å². The van der Waals surface area contributed by atoms with E-state index >= 15 is 0 Å². The molecule has 0 aliphatic carbocycles. The minimum Gasteiger partial charge on any atom is -0.322 e. The fourth-order valence-electron chi connectivity index (χ4n) is 2.83. The standard InChI is InChI=1S/C19H19F2N3O3S/c1-3-11(2)17(19(25)22-15-9-8-12(20)10-14(15)21)23-18-13-6-4-5-7-16(13)28(26,27)24-18/h4-11,17H,3H2,1-2H3,(H,22,25)(H,23,24)/t11-,17-/m0/s1. The summed E-state index contributed by atoms with van der Waals surface area (Å²) >= 11 is 0. The maximum absolute atomic E-state index is 13.9. The number of carbonyl (C=O) groups is 1. The zero-order valence-electron chi connectivity index (χ0n) is 15.2. The van der Waals surface area contributed by atoms with Crippen molar-refractivity contribution in [3.63, 3.8) is 0 Å². The van der Waals surface area contributed by atoms with E-state index in [-0.39, 0.29) is 22.3 Å². The van der Waals surface area contributed by atoms with Crippen molar-refractivity contribution in [2.45, 2.75) is 31.2 Å². The predicted molar refractivity (Wildman–Crippen MR) is 102 cm³/mol. The molecule has 2 aromatic carbocycles. The molecule has 0 unspecified atom stereocenters. The second kappa shape index (κ2) is 7.67. The van der Waals surface area contributed by atoms with Crippen molar-refractivity contribution in [2.24, 2.45) is 10.9 Å². The third-order valence-corrected chi connectivity index (χ3v) is 5.97. The number of halogens is 2. The lowest BCUT2D eigenvalue weighted by Gasteiger charge is -2.19. The molecular weight excluding hydrogens is 388 g/mol. The number of aliphatic imine (C=N–C) groups is 1. The maximum atomic E-state index is 13.9. The van der Waals surface area contributed by atoms with Gasteiger partial charge in [-0.25, -0.2) is 17.2 Å². The van der Waals surface area contributed by atoms with Crippen LogP contribution >= 0.6 is 0 Å². The number of carbonyl (C=O) groups excluding carboxylic acids is 1. The van der Waals surface area contributed by atoms with Crippen LogP contribution in [0.3, 0.4) is 0 Å². The van der Waals surface area contributed by atoms with E-state index in [1.54, 1.807) is 25.1 Å². The smallest absolute Gasteiger partial charge is 0.263 e. The number of nitrogens with one attached hydrogen (secondary N) is 2. The molecule has 0 fully saturated rings. The zero-order chi connectivity index (χ0) is 20.5. The second-order valence-electron chi connectivity index (χ2n) is 6.52. The first-order chi connectivity index (χ1) is 13.2. The van der Waals surface area contributed by atoms with E-state index in [9.17, 15) is 22.0 Å². The summed E-state index contributed by atoms with van der Waals surface area (Å²) in [7, 11) is -3.74. The Labute approximate surface area is 161 Å². The van der Waals surface area contributed by atoms with E-state index in [4.69, 9.17) is 0 Å². The van der Waals surface area contributed by atoms with Gasteiger partial charge in [0.05, 0.1) is 10.6 Å². The highest BCUT2D eigenvalue weighted by molar-refractivity contribution is 7.90. The largest absolute Gasteiger partial charge is 0.322 e. The topological polar surface area (TPSA) is 87.6 Å². The number of anilines is 1. The number of fused-ring (bicyclic) bond motifs is 1. The van der Waals surface area contributed by atoms with Crippen molar-refractivity contribution in [1.29, 1.82) is 0 Å². The molecule has 6 nitrogen and oxygen atoms in total. The molecular formula is C19H19F2N3O3S. The Morgan fingerprint density at radius 2 is 1.93 bits per heavy atom. The fraction of sp³-hybridized carbons (Fsp3) is 0.263. The van der Waals surface area contributed by atoms with Crippen LogP contribution in [-0.4, -0.2) is 26.2 Å². The molecule has 1 aliphatic rings. The molecule has 0 bridgehead atoms. The van der Waals surface area contributed by atoms with Crippen LogP contribution in [0.2, 0.25) is 0 Å². The highest BCUT2D eigenvalue weighted by Crippen LogP contribution is 2.25. The molecule has 3 rings (SSSR count). The van der Waals surface area contributed by atoms with E-state index in [0.717, 1.165) is 12.1 Å². The summed E-state index contributed by atoms with van der Waals surface area (Å²) in [6.07, 6.45) is 0.579. The Hall–Kier alpha value is -2.81. The Bertz CT molecular complexity index is 1050. The number of sulfonamides is 1. The van der Waals surface area contributed by atoms with Gasteiger partial charge in [0.25, 0.3) is 10.0 Å². The van der Waals surface area contributed by atoms with Crippen molar-refractivity contribution in [2.75, 3.05) is 5.32 Å². The molecule has 0 radical (unpaired) electrons. The quantitative estimate of drug-likeness (QED) is 0.799. The lowest BCUT2D eigenvalue weighted by molar-refractivity contribution is -0.118. The van der Waals surface area contributed by atoms with Crippen molar-refractivity contribution >= 4 is 27.5 Å². The number of amides is 1. The van der Waals surface area contributed by atoms with Gasteiger partial charge < -0.3 is 5.32 Å². The highest BCUT2D eigenvalue weighted by atomic mass is 32.2. The molecule has 148 valence electrons.